The highest BCUT2D eigenvalue weighted by atomic mass is 16.5. The molecule has 128 valence electrons. The van der Waals surface area contributed by atoms with Gasteiger partial charge in [-0.1, -0.05) is 38.1 Å². The molecule has 0 fully saturated rings. The van der Waals surface area contributed by atoms with Crippen molar-refractivity contribution in [3.05, 3.63) is 35.7 Å². The van der Waals surface area contributed by atoms with Crippen LogP contribution in [0.4, 0.5) is 0 Å². The molecule has 1 heterocycles. The Morgan fingerprint density at radius 2 is 2.04 bits per heavy atom. The molecule has 0 saturated carbocycles. The fourth-order valence-corrected chi connectivity index (χ4v) is 2.04. The normalized spacial score (nSPS) is 12.7. The number of hydrogen-bond donors (Lipinski definition) is 2. The average Bonchev–Trinajstić information content (AvgIpc) is 2.93. The highest BCUT2D eigenvalue weighted by Crippen LogP contribution is 2.22. The largest absolute Gasteiger partial charge is 0.480 e. The van der Waals surface area contributed by atoms with Gasteiger partial charge in [-0.3, -0.25) is 9.59 Å². The van der Waals surface area contributed by atoms with Crippen LogP contribution in [-0.2, 0) is 11.2 Å². The molecule has 1 aromatic heterocycles. The molecule has 0 aliphatic carbocycles. The zero-order chi connectivity index (χ0) is 17.9. The van der Waals surface area contributed by atoms with Crippen LogP contribution in [0.2, 0.25) is 0 Å². The molecule has 0 unspecified atom stereocenters. The molecule has 2 rings (SSSR count). The minimum absolute atomic E-state index is 0.0263. The highest BCUT2D eigenvalue weighted by Gasteiger charge is 2.19. The summed E-state index contributed by atoms with van der Waals surface area (Å²) < 4.78 is 5.25. The smallest absolute Gasteiger partial charge is 0.325 e. The third-order valence-electron chi connectivity index (χ3n) is 3.25. The van der Waals surface area contributed by atoms with Gasteiger partial charge in [0.2, 0.25) is 11.7 Å². The monoisotopic (exact) mass is 331 g/mol. The molecule has 1 aromatic carbocycles. The summed E-state index contributed by atoms with van der Waals surface area (Å²) in [6.45, 7) is 7.63. The maximum Gasteiger partial charge on any atom is 0.325 e. The number of hydrogen-bond acceptors (Lipinski definition) is 5. The van der Waals surface area contributed by atoms with E-state index < -0.39 is 17.9 Å². The molecule has 0 spiro atoms. The number of aromatic nitrogens is 2. The molecule has 24 heavy (non-hydrogen) atoms. The van der Waals surface area contributed by atoms with Crippen molar-refractivity contribution in [3.8, 4) is 11.4 Å². The summed E-state index contributed by atoms with van der Waals surface area (Å²) in [5.41, 5.74) is 0.996. The van der Waals surface area contributed by atoms with E-state index in [0.717, 1.165) is 0 Å². The van der Waals surface area contributed by atoms with Crippen LogP contribution in [0.15, 0.2) is 28.8 Å². The second kappa shape index (κ2) is 6.82. The van der Waals surface area contributed by atoms with Crippen molar-refractivity contribution in [2.75, 3.05) is 0 Å². The zero-order valence-corrected chi connectivity index (χ0v) is 14.2. The fourth-order valence-electron chi connectivity index (χ4n) is 2.04. The maximum absolute atomic E-state index is 12.1. The molecule has 0 saturated heterocycles. The SMILES string of the molecule is C[C@H](NC(=O)c1cccc(-c2noc(CC(C)(C)C)n2)c1)C(=O)O. The lowest BCUT2D eigenvalue weighted by molar-refractivity contribution is -0.138. The van der Waals surface area contributed by atoms with Crippen molar-refractivity contribution in [1.29, 1.82) is 0 Å². The summed E-state index contributed by atoms with van der Waals surface area (Å²) in [7, 11) is 0. The minimum atomic E-state index is -1.09. The van der Waals surface area contributed by atoms with E-state index in [2.05, 4.69) is 36.2 Å². The average molecular weight is 331 g/mol. The van der Waals surface area contributed by atoms with Crippen LogP contribution in [0.3, 0.4) is 0 Å². The van der Waals surface area contributed by atoms with E-state index in [1.807, 2.05) is 0 Å². The van der Waals surface area contributed by atoms with Crippen molar-refractivity contribution >= 4 is 11.9 Å². The van der Waals surface area contributed by atoms with Gasteiger partial charge in [-0.2, -0.15) is 4.98 Å². The van der Waals surface area contributed by atoms with Gasteiger partial charge >= 0.3 is 5.97 Å². The molecule has 7 nitrogen and oxygen atoms in total. The first-order valence-corrected chi connectivity index (χ1v) is 7.62. The van der Waals surface area contributed by atoms with E-state index in [0.29, 0.717) is 29.3 Å². The number of rotatable bonds is 5. The van der Waals surface area contributed by atoms with Gasteiger partial charge < -0.3 is 14.9 Å². The van der Waals surface area contributed by atoms with E-state index in [4.69, 9.17) is 9.63 Å². The Labute approximate surface area is 140 Å². The van der Waals surface area contributed by atoms with Crippen molar-refractivity contribution in [2.24, 2.45) is 5.41 Å². The summed E-state index contributed by atoms with van der Waals surface area (Å²) in [6, 6.07) is 5.70. The molecule has 0 bridgehead atoms. The Hall–Kier alpha value is -2.70. The first-order chi connectivity index (χ1) is 11.2. The van der Waals surface area contributed by atoms with Crippen LogP contribution < -0.4 is 5.32 Å². The number of amides is 1. The quantitative estimate of drug-likeness (QED) is 0.872. The van der Waals surface area contributed by atoms with Crippen LogP contribution in [-0.4, -0.2) is 33.2 Å². The summed E-state index contributed by atoms with van der Waals surface area (Å²) in [5.74, 6) is -0.628. The van der Waals surface area contributed by atoms with Gasteiger partial charge in [0.05, 0.1) is 0 Å². The number of carbonyl (C=O) groups is 2. The standard InChI is InChI=1S/C17H21N3O4/c1-10(16(22)23)18-15(21)12-7-5-6-11(8-12)14-19-13(24-20-14)9-17(2,3)4/h5-8,10H,9H2,1-4H3,(H,18,21)(H,22,23)/t10-/m0/s1. The Morgan fingerprint density at radius 3 is 2.67 bits per heavy atom. The van der Waals surface area contributed by atoms with Crippen LogP contribution in [0.5, 0.6) is 0 Å². The van der Waals surface area contributed by atoms with Crippen molar-refractivity contribution in [1.82, 2.24) is 15.5 Å². The Morgan fingerprint density at radius 1 is 1.33 bits per heavy atom. The van der Waals surface area contributed by atoms with E-state index in [1.165, 1.54) is 6.92 Å². The van der Waals surface area contributed by atoms with Crippen LogP contribution in [0.25, 0.3) is 11.4 Å². The van der Waals surface area contributed by atoms with Gasteiger partial charge in [0, 0.05) is 17.5 Å². The Bertz CT molecular complexity index is 746. The number of carboxylic acids is 1. The molecule has 2 N–H and O–H groups in total. The van der Waals surface area contributed by atoms with Gasteiger partial charge in [-0.05, 0) is 24.5 Å². The predicted molar refractivity (Wildman–Crippen MR) is 87.5 cm³/mol. The van der Waals surface area contributed by atoms with E-state index >= 15 is 0 Å². The molecule has 0 aliphatic heterocycles. The fraction of sp³-hybridized carbons (Fsp3) is 0.412. The molecule has 7 heteroatoms. The van der Waals surface area contributed by atoms with Gasteiger partial charge in [0.1, 0.15) is 6.04 Å². The lowest BCUT2D eigenvalue weighted by Crippen LogP contribution is -2.38. The minimum Gasteiger partial charge on any atom is -0.480 e. The zero-order valence-electron chi connectivity index (χ0n) is 14.2. The van der Waals surface area contributed by atoms with Crippen molar-refractivity contribution in [2.45, 2.75) is 40.2 Å². The Kier molecular flexibility index (Phi) is 5.02. The van der Waals surface area contributed by atoms with Crippen LogP contribution >= 0.6 is 0 Å². The van der Waals surface area contributed by atoms with Crippen molar-refractivity contribution in [3.63, 3.8) is 0 Å². The predicted octanol–water partition coefficient (Wildman–Crippen LogP) is 2.53. The molecule has 0 radical (unpaired) electrons. The number of aliphatic carboxylic acids is 1. The lowest BCUT2D eigenvalue weighted by Gasteiger charge is -2.13. The molecule has 0 aliphatic rings. The van der Waals surface area contributed by atoms with E-state index in [1.54, 1.807) is 24.3 Å². The highest BCUT2D eigenvalue weighted by molar-refractivity contribution is 5.97. The number of benzene rings is 1. The molecule has 2 aromatic rings. The second-order valence-corrected chi connectivity index (χ2v) is 6.86. The number of nitrogens with zero attached hydrogens (tertiary/aromatic N) is 2. The number of carbonyl (C=O) groups excluding carboxylic acids is 1. The Balaban J connectivity index is 2.18. The van der Waals surface area contributed by atoms with Gasteiger partial charge in [0.25, 0.3) is 5.91 Å². The molecule has 1 atom stereocenters. The first-order valence-electron chi connectivity index (χ1n) is 7.62. The van der Waals surface area contributed by atoms with E-state index in [9.17, 15) is 9.59 Å². The van der Waals surface area contributed by atoms with Crippen LogP contribution in [0, 0.1) is 5.41 Å². The van der Waals surface area contributed by atoms with Gasteiger partial charge in [0.15, 0.2) is 0 Å². The topological polar surface area (TPSA) is 105 Å². The van der Waals surface area contributed by atoms with Gasteiger partial charge in [-0.25, -0.2) is 0 Å². The summed E-state index contributed by atoms with van der Waals surface area (Å²) in [6.07, 6.45) is 0.649. The lowest BCUT2D eigenvalue weighted by atomic mass is 9.92. The first kappa shape index (κ1) is 17.7. The van der Waals surface area contributed by atoms with Crippen LogP contribution in [0.1, 0.15) is 43.9 Å². The summed E-state index contributed by atoms with van der Waals surface area (Å²) >= 11 is 0. The summed E-state index contributed by atoms with van der Waals surface area (Å²) in [5, 5.41) is 15.2. The maximum atomic E-state index is 12.1. The molecule has 1 amide bonds. The molecular weight excluding hydrogens is 310 g/mol. The van der Waals surface area contributed by atoms with Crippen molar-refractivity contribution < 1.29 is 19.2 Å². The third kappa shape index (κ3) is 4.65. The van der Waals surface area contributed by atoms with Gasteiger partial charge in [-0.15, -0.1) is 0 Å². The number of carboxylic acid groups (broad SMARTS) is 1. The number of nitrogens with one attached hydrogen (secondary N) is 1. The summed E-state index contributed by atoms with van der Waals surface area (Å²) in [4.78, 5) is 27.3. The second-order valence-electron chi connectivity index (χ2n) is 6.86. The van der Waals surface area contributed by atoms with E-state index in [-0.39, 0.29) is 5.41 Å². The third-order valence-corrected chi connectivity index (χ3v) is 3.25. The molecular formula is C17H21N3O4.